The lowest BCUT2D eigenvalue weighted by Gasteiger charge is -2.11. The average molecular weight is 499 g/mol. The first-order valence-corrected chi connectivity index (χ1v) is 13.6. The molecule has 0 aliphatic heterocycles. The molecular formula is C33H38O4. The van der Waals surface area contributed by atoms with E-state index in [9.17, 15) is 4.79 Å². The van der Waals surface area contributed by atoms with Gasteiger partial charge in [0.15, 0.2) is 0 Å². The maximum atomic E-state index is 13.0. The molecule has 0 saturated heterocycles. The van der Waals surface area contributed by atoms with Gasteiger partial charge in [0.1, 0.15) is 17.1 Å². The van der Waals surface area contributed by atoms with Crippen LogP contribution in [0.1, 0.15) is 63.9 Å². The molecule has 37 heavy (non-hydrogen) atoms. The molecule has 0 bridgehead atoms. The monoisotopic (exact) mass is 498 g/mol. The summed E-state index contributed by atoms with van der Waals surface area (Å²) in [6.07, 6.45) is 10.1. The van der Waals surface area contributed by atoms with Crippen LogP contribution in [-0.2, 0) is 0 Å². The Labute approximate surface area is 220 Å². The van der Waals surface area contributed by atoms with Gasteiger partial charge < -0.3 is 13.9 Å². The second-order valence-electron chi connectivity index (χ2n) is 9.68. The normalized spacial score (nSPS) is 11.1. The first-order chi connectivity index (χ1) is 18.1. The van der Waals surface area contributed by atoms with Gasteiger partial charge in [0.2, 0.25) is 0 Å². The number of methoxy groups -OCH3 is 1. The standard InChI is InChI=1S/C33H38O4/c1-4-5-6-7-8-9-10-11-22-36-29-20-21-30-24(2)32(33(34)37-31(30)23-29)27-14-12-25(13-15-27)26-16-18-28(35-3)19-17-26/h12-21,23H,4-11,22H2,1-3H3. The first kappa shape index (κ1) is 26.5. The van der Waals surface area contributed by atoms with Gasteiger partial charge in [-0.25, -0.2) is 4.79 Å². The number of aryl methyl sites for hydroxylation is 1. The predicted octanol–water partition coefficient (Wildman–Crippen LogP) is 8.96. The summed E-state index contributed by atoms with van der Waals surface area (Å²) < 4.78 is 16.9. The third-order valence-corrected chi connectivity index (χ3v) is 7.00. The molecule has 3 aromatic carbocycles. The summed E-state index contributed by atoms with van der Waals surface area (Å²) in [7, 11) is 1.66. The van der Waals surface area contributed by atoms with Crippen molar-refractivity contribution in [2.75, 3.05) is 13.7 Å². The molecule has 0 amide bonds. The molecule has 0 unspecified atom stereocenters. The number of unbranched alkanes of at least 4 members (excludes halogenated alkanes) is 7. The Kier molecular flexibility index (Phi) is 9.42. The molecule has 4 nitrogen and oxygen atoms in total. The van der Waals surface area contributed by atoms with E-state index in [1.165, 1.54) is 44.9 Å². The van der Waals surface area contributed by atoms with E-state index in [4.69, 9.17) is 13.9 Å². The zero-order valence-corrected chi connectivity index (χ0v) is 22.3. The fourth-order valence-corrected chi connectivity index (χ4v) is 4.80. The van der Waals surface area contributed by atoms with E-state index in [2.05, 4.69) is 6.92 Å². The maximum Gasteiger partial charge on any atom is 0.344 e. The van der Waals surface area contributed by atoms with Crippen molar-refractivity contribution in [1.29, 1.82) is 0 Å². The molecule has 0 fully saturated rings. The lowest BCUT2D eigenvalue weighted by atomic mass is 9.97. The van der Waals surface area contributed by atoms with Gasteiger partial charge in [-0.3, -0.25) is 0 Å². The van der Waals surface area contributed by atoms with Crippen LogP contribution in [0.2, 0.25) is 0 Å². The Morgan fingerprint density at radius 3 is 1.92 bits per heavy atom. The van der Waals surface area contributed by atoms with Gasteiger partial charge in [0.25, 0.3) is 0 Å². The number of fused-ring (bicyclic) bond motifs is 1. The topological polar surface area (TPSA) is 48.7 Å². The molecular weight excluding hydrogens is 460 g/mol. The lowest BCUT2D eigenvalue weighted by Crippen LogP contribution is -2.06. The Balaban J connectivity index is 1.41. The van der Waals surface area contributed by atoms with E-state index < -0.39 is 0 Å². The summed E-state index contributed by atoms with van der Waals surface area (Å²) in [4.78, 5) is 13.0. The summed E-state index contributed by atoms with van der Waals surface area (Å²) in [6, 6.07) is 21.8. The van der Waals surface area contributed by atoms with Crippen LogP contribution in [0.4, 0.5) is 0 Å². The van der Waals surface area contributed by atoms with Crippen molar-refractivity contribution in [3.63, 3.8) is 0 Å². The minimum atomic E-state index is -0.331. The maximum absolute atomic E-state index is 13.0. The highest BCUT2D eigenvalue weighted by Crippen LogP contribution is 2.31. The van der Waals surface area contributed by atoms with Gasteiger partial charge in [0.05, 0.1) is 19.3 Å². The molecule has 0 aliphatic carbocycles. The van der Waals surface area contributed by atoms with Crippen molar-refractivity contribution in [2.45, 2.75) is 65.2 Å². The Hall–Kier alpha value is -3.53. The van der Waals surface area contributed by atoms with Gasteiger partial charge in [-0.1, -0.05) is 88.3 Å². The van der Waals surface area contributed by atoms with Crippen molar-refractivity contribution in [1.82, 2.24) is 0 Å². The summed E-state index contributed by atoms with van der Waals surface area (Å²) in [5.74, 6) is 1.57. The molecule has 194 valence electrons. The number of rotatable bonds is 13. The molecule has 1 heterocycles. The molecule has 0 radical (unpaired) electrons. The first-order valence-electron chi connectivity index (χ1n) is 13.6. The molecule has 4 aromatic rings. The van der Waals surface area contributed by atoms with Crippen LogP contribution >= 0.6 is 0 Å². The van der Waals surface area contributed by atoms with Crippen LogP contribution < -0.4 is 15.1 Å². The van der Waals surface area contributed by atoms with E-state index in [0.29, 0.717) is 17.8 Å². The summed E-state index contributed by atoms with van der Waals surface area (Å²) in [5, 5.41) is 0.924. The van der Waals surface area contributed by atoms with Gasteiger partial charge in [-0.15, -0.1) is 0 Å². The molecule has 0 spiro atoms. The molecule has 0 aliphatic rings. The van der Waals surface area contributed by atoms with E-state index in [1.807, 2.05) is 73.7 Å². The molecule has 4 rings (SSSR count). The minimum absolute atomic E-state index is 0.331. The predicted molar refractivity (Wildman–Crippen MR) is 153 cm³/mol. The Morgan fingerprint density at radius 1 is 0.703 bits per heavy atom. The summed E-state index contributed by atoms with van der Waals surface area (Å²) in [5.41, 5.74) is 4.76. The zero-order valence-electron chi connectivity index (χ0n) is 22.3. The van der Waals surface area contributed by atoms with Gasteiger partial charge in [-0.05, 0) is 59.9 Å². The minimum Gasteiger partial charge on any atom is -0.497 e. The van der Waals surface area contributed by atoms with Crippen molar-refractivity contribution in [3.05, 3.63) is 82.7 Å². The van der Waals surface area contributed by atoms with Gasteiger partial charge in [-0.2, -0.15) is 0 Å². The fourth-order valence-electron chi connectivity index (χ4n) is 4.80. The third-order valence-electron chi connectivity index (χ3n) is 7.00. The van der Waals surface area contributed by atoms with Crippen LogP contribution in [-0.4, -0.2) is 13.7 Å². The van der Waals surface area contributed by atoms with Crippen molar-refractivity contribution in [3.8, 4) is 33.8 Å². The van der Waals surface area contributed by atoms with Crippen LogP contribution in [0.15, 0.2) is 75.9 Å². The van der Waals surface area contributed by atoms with Crippen LogP contribution in [0.5, 0.6) is 11.5 Å². The third kappa shape index (κ3) is 6.82. The molecule has 0 atom stereocenters. The van der Waals surface area contributed by atoms with E-state index in [-0.39, 0.29) is 5.63 Å². The largest absolute Gasteiger partial charge is 0.497 e. The summed E-state index contributed by atoms with van der Waals surface area (Å²) in [6.45, 7) is 4.91. The second kappa shape index (κ2) is 13.1. The highest BCUT2D eigenvalue weighted by molar-refractivity contribution is 5.87. The second-order valence-corrected chi connectivity index (χ2v) is 9.68. The van der Waals surface area contributed by atoms with Crippen molar-refractivity contribution < 1.29 is 13.9 Å². The van der Waals surface area contributed by atoms with Crippen molar-refractivity contribution in [2.24, 2.45) is 0 Å². The highest BCUT2D eigenvalue weighted by atomic mass is 16.5. The van der Waals surface area contributed by atoms with Crippen molar-refractivity contribution >= 4 is 11.0 Å². The number of ether oxygens (including phenoxy) is 2. The molecule has 0 N–H and O–H groups in total. The SMILES string of the molecule is CCCCCCCCCCOc1ccc2c(C)c(-c3ccc(-c4ccc(OC)cc4)cc3)c(=O)oc2c1. The Bertz CT molecular complexity index is 1330. The zero-order chi connectivity index (χ0) is 26.0. The van der Waals surface area contributed by atoms with Gasteiger partial charge in [0, 0.05) is 11.5 Å². The van der Waals surface area contributed by atoms with Gasteiger partial charge >= 0.3 is 5.63 Å². The number of hydrogen-bond acceptors (Lipinski definition) is 4. The van der Waals surface area contributed by atoms with E-state index in [1.54, 1.807) is 7.11 Å². The van der Waals surface area contributed by atoms with E-state index in [0.717, 1.165) is 45.6 Å². The quantitative estimate of drug-likeness (QED) is 0.136. The molecule has 0 saturated carbocycles. The van der Waals surface area contributed by atoms with Crippen LogP contribution in [0.25, 0.3) is 33.2 Å². The number of hydrogen-bond donors (Lipinski definition) is 0. The summed E-state index contributed by atoms with van der Waals surface area (Å²) >= 11 is 0. The number of benzene rings is 3. The Morgan fingerprint density at radius 2 is 1.27 bits per heavy atom. The van der Waals surface area contributed by atoms with E-state index >= 15 is 0 Å². The average Bonchev–Trinajstić information content (AvgIpc) is 2.92. The lowest BCUT2D eigenvalue weighted by molar-refractivity contribution is 0.304. The molecule has 4 heteroatoms. The highest BCUT2D eigenvalue weighted by Gasteiger charge is 2.14. The van der Waals surface area contributed by atoms with Crippen LogP contribution in [0, 0.1) is 6.92 Å². The smallest absolute Gasteiger partial charge is 0.344 e. The molecule has 1 aromatic heterocycles. The van der Waals surface area contributed by atoms with Crippen LogP contribution in [0.3, 0.4) is 0 Å². The fraction of sp³-hybridized carbons (Fsp3) is 0.364.